The van der Waals surface area contributed by atoms with Gasteiger partial charge in [0.15, 0.2) is 0 Å². The molecule has 0 spiro atoms. The Morgan fingerprint density at radius 1 is 1.05 bits per heavy atom. The van der Waals surface area contributed by atoms with E-state index in [2.05, 4.69) is 25.5 Å². The second-order valence-corrected chi connectivity index (χ2v) is 10.1. The van der Waals surface area contributed by atoms with Crippen LogP contribution in [0.15, 0.2) is 79.1 Å². The second kappa shape index (κ2) is 13.6. The highest BCUT2D eigenvalue weighted by molar-refractivity contribution is 6.06. The first-order valence-corrected chi connectivity index (χ1v) is 13.9. The van der Waals surface area contributed by atoms with E-state index in [9.17, 15) is 22.8 Å². The number of pyridine rings is 1. The van der Waals surface area contributed by atoms with Gasteiger partial charge in [-0.1, -0.05) is 23.4 Å². The Bertz CT molecular complexity index is 1630. The molecular formula is C31H30F3N7O3. The Kier molecular flexibility index (Phi) is 9.46. The number of hydrogen-bond acceptors (Lipinski definition) is 7. The number of ether oxygens (including phenoxy) is 1. The smallest absolute Gasteiger partial charge is 0.379 e. The van der Waals surface area contributed by atoms with Crippen molar-refractivity contribution in [3.63, 3.8) is 0 Å². The van der Waals surface area contributed by atoms with Crippen molar-refractivity contribution in [1.29, 1.82) is 0 Å². The van der Waals surface area contributed by atoms with Crippen LogP contribution in [0.1, 0.15) is 21.5 Å². The predicted molar refractivity (Wildman–Crippen MR) is 159 cm³/mol. The van der Waals surface area contributed by atoms with Gasteiger partial charge in [-0.15, -0.1) is 5.10 Å². The number of hydrogen-bond donors (Lipinski definition) is 1. The van der Waals surface area contributed by atoms with Crippen LogP contribution >= 0.6 is 0 Å². The summed E-state index contributed by atoms with van der Waals surface area (Å²) in [5.74, 6) is -0.586. The molecule has 0 radical (unpaired) electrons. The number of aromatic nitrogens is 4. The van der Waals surface area contributed by atoms with Gasteiger partial charge in [0.1, 0.15) is 11.5 Å². The van der Waals surface area contributed by atoms with Gasteiger partial charge >= 0.3 is 6.18 Å². The van der Waals surface area contributed by atoms with E-state index in [1.54, 1.807) is 47.3 Å². The maximum atomic E-state index is 13.1. The zero-order valence-electron chi connectivity index (χ0n) is 23.9. The number of amides is 2. The molecule has 1 aliphatic rings. The highest BCUT2D eigenvalue weighted by Gasteiger charge is 2.31. The minimum atomic E-state index is -4.52. The molecule has 3 heterocycles. The number of nitrogens with zero attached hydrogens (tertiary/aromatic N) is 6. The number of carbonyl (C=O) groups excluding carboxylic acids is 2. The van der Waals surface area contributed by atoms with Gasteiger partial charge in [0.05, 0.1) is 31.5 Å². The average Bonchev–Trinajstić information content (AvgIpc) is 3.52. The number of alkyl halides is 3. The molecule has 1 fully saturated rings. The van der Waals surface area contributed by atoms with Crippen molar-refractivity contribution in [2.24, 2.45) is 0 Å². The van der Waals surface area contributed by atoms with Crippen LogP contribution in [0.3, 0.4) is 0 Å². The van der Waals surface area contributed by atoms with Gasteiger partial charge in [0, 0.05) is 55.8 Å². The molecule has 2 aromatic heterocycles. The van der Waals surface area contributed by atoms with Crippen LogP contribution in [0.5, 0.6) is 0 Å². The number of nitrogens with one attached hydrogen (secondary N) is 1. The van der Waals surface area contributed by atoms with Gasteiger partial charge in [-0.25, -0.2) is 4.98 Å². The molecule has 1 aliphatic heterocycles. The zero-order chi connectivity index (χ0) is 31.1. The van der Waals surface area contributed by atoms with Crippen LogP contribution in [0.4, 0.5) is 24.7 Å². The van der Waals surface area contributed by atoms with Crippen LogP contribution in [0, 0.1) is 0 Å². The summed E-state index contributed by atoms with van der Waals surface area (Å²) in [6, 6.07) is 14.4. The molecule has 0 atom stereocenters. The first-order chi connectivity index (χ1) is 21.2. The Balaban J connectivity index is 1.16. The molecule has 2 aromatic carbocycles. The third-order valence-corrected chi connectivity index (χ3v) is 7.02. The summed E-state index contributed by atoms with van der Waals surface area (Å²) in [5, 5.41) is 11.1. The number of benzene rings is 2. The minimum absolute atomic E-state index is 0.108. The molecule has 44 heavy (non-hydrogen) atoms. The number of morpholine rings is 1. The summed E-state index contributed by atoms with van der Waals surface area (Å²) >= 11 is 0. The van der Waals surface area contributed by atoms with Crippen molar-refractivity contribution >= 4 is 29.4 Å². The van der Waals surface area contributed by atoms with Crippen LogP contribution in [-0.2, 0) is 22.3 Å². The summed E-state index contributed by atoms with van der Waals surface area (Å²) in [6.07, 6.45) is 1.77. The minimum Gasteiger partial charge on any atom is -0.379 e. The SMILES string of the molecule is CN(C(=O)c1cccc(C=CC(=O)Nc2ccc(-c3cn(CCN4CCOCC4)nn3)cn2)c1)c1cccc(C(F)(F)F)c1. The first-order valence-electron chi connectivity index (χ1n) is 13.9. The van der Waals surface area contributed by atoms with Crippen LogP contribution in [-0.4, -0.2) is 76.6 Å². The molecule has 1 N–H and O–H groups in total. The van der Waals surface area contributed by atoms with E-state index in [1.807, 2.05) is 6.20 Å². The summed E-state index contributed by atoms with van der Waals surface area (Å²) in [4.78, 5) is 33.3. The molecular weight excluding hydrogens is 575 g/mol. The van der Waals surface area contributed by atoms with E-state index in [0.717, 1.165) is 55.4 Å². The van der Waals surface area contributed by atoms with Crippen molar-refractivity contribution in [2.75, 3.05) is 50.1 Å². The van der Waals surface area contributed by atoms with Gasteiger partial charge in [-0.3, -0.25) is 19.2 Å². The van der Waals surface area contributed by atoms with E-state index in [1.165, 1.54) is 31.3 Å². The lowest BCUT2D eigenvalue weighted by Gasteiger charge is -2.26. The van der Waals surface area contributed by atoms with Crippen LogP contribution < -0.4 is 10.2 Å². The van der Waals surface area contributed by atoms with Gasteiger partial charge in [0.2, 0.25) is 5.91 Å². The van der Waals surface area contributed by atoms with E-state index in [-0.39, 0.29) is 11.3 Å². The average molecular weight is 606 g/mol. The standard InChI is InChI=1S/C31H30F3N7O3/c1-39(26-7-3-6-25(19-26)31(32,33)34)30(43)23-5-2-4-22(18-23)8-11-29(42)36-28-10-9-24(20-35-28)27-21-41(38-37-27)13-12-40-14-16-44-17-15-40/h2-11,18-21H,12-17H2,1H3,(H,35,36,42). The van der Waals surface area contributed by atoms with Crippen molar-refractivity contribution in [2.45, 2.75) is 12.7 Å². The maximum absolute atomic E-state index is 13.1. The quantitative estimate of drug-likeness (QED) is 0.278. The topological polar surface area (TPSA) is 105 Å². The maximum Gasteiger partial charge on any atom is 0.416 e. The number of carbonyl (C=O) groups is 2. The Hall–Kier alpha value is -4.88. The molecule has 13 heteroatoms. The molecule has 228 valence electrons. The molecule has 0 saturated carbocycles. The molecule has 5 rings (SSSR count). The fourth-order valence-corrected chi connectivity index (χ4v) is 4.54. The predicted octanol–water partition coefficient (Wildman–Crippen LogP) is 4.62. The summed E-state index contributed by atoms with van der Waals surface area (Å²) in [5.41, 5.74) is 1.51. The molecule has 4 aromatic rings. The van der Waals surface area contributed by atoms with Crippen molar-refractivity contribution in [1.82, 2.24) is 24.9 Å². The molecule has 0 bridgehead atoms. The molecule has 0 aliphatic carbocycles. The van der Waals surface area contributed by atoms with Crippen LogP contribution in [0.2, 0.25) is 0 Å². The van der Waals surface area contributed by atoms with E-state index in [0.29, 0.717) is 23.6 Å². The van der Waals surface area contributed by atoms with Gasteiger partial charge in [-0.05, 0) is 54.1 Å². The first kappa shape index (κ1) is 30.6. The van der Waals surface area contributed by atoms with Gasteiger partial charge in [-0.2, -0.15) is 13.2 Å². The van der Waals surface area contributed by atoms with Crippen molar-refractivity contribution in [3.8, 4) is 11.3 Å². The second-order valence-electron chi connectivity index (χ2n) is 10.1. The van der Waals surface area contributed by atoms with Gasteiger partial charge < -0.3 is 15.0 Å². The summed E-state index contributed by atoms with van der Waals surface area (Å²) < 4.78 is 46.5. The lowest BCUT2D eigenvalue weighted by atomic mass is 10.1. The molecule has 2 amide bonds. The number of anilines is 2. The van der Waals surface area contributed by atoms with E-state index >= 15 is 0 Å². The highest BCUT2D eigenvalue weighted by atomic mass is 19.4. The largest absolute Gasteiger partial charge is 0.416 e. The normalized spacial score (nSPS) is 14.1. The van der Waals surface area contributed by atoms with E-state index < -0.39 is 23.6 Å². The zero-order valence-corrected chi connectivity index (χ0v) is 23.9. The lowest BCUT2D eigenvalue weighted by Crippen LogP contribution is -2.38. The number of rotatable bonds is 9. The van der Waals surface area contributed by atoms with Crippen molar-refractivity contribution < 1.29 is 27.5 Å². The Labute approximate surface area is 251 Å². The lowest BCUT2D eigenvalue weighted by molar-refractivity contribution is -0.137. The van der Waals surface area contributed by atoms with E-state index in [4.69, 9.17) is 4.74 Å². The molecule has 10 nitrogen and oxygen atoms in total. The van der Waals surface area contributed by atoms with Crippen molar-refractivity contribution in [3.05, 3.63) is 95.8 Å². The van der Waals surface area contributed by atoms with Gasteiger partial charge in [0.25, 0.3) is 5.91 Å². The van der Waals surface area contributed by atoms with Crippen LogP contribution in [0.25, 0.3) is 17.3 Å². The Morgan fingerprint density at radius 2 is 1.84 bits per heavy atom. The molecule has 0 unspecified atom stereocenters. The fraction of sp³-hybridized carbons (Fsp3) is 0.258. The monoisotopic (exact) mass is 605 g/mol. The third-order valence-electron chi connectivity index (χ3n) is 7.02. The molecule has 1 saturated heterocycles. The fourth-order valence-electron chi connectivity index (χ4n) is 4.54. The third kappa shape index (κ3) is 7.94. The summed E-state index contributed by atoms with van der Waals surface area (Å²) in [7, 11) is 1.40. The highest BCUT2D eigenvalue weighted by Crippen LogP contribution is 2.31. The number of halogens is 3. The Morgan fingerprint density at radius 3 is 2.59 bits per heavy atom. The summed E-state index contributed by atoms with van der Waals surface area (Å²) in [6.45, 7) is 4.88.